The maximum atomic E-state index is 10.7. The molecule has 0 unspecified atom stereocenters. The Bertz CT molecular complexity index is 669. The van der Waals surface area contributed by atoms with E-state index in [9.17, 15) is 4.79 Å². The fourth-order valence-corrected chi connectivity index (χ4v) is 2.05. The topological polar surface area (TPSA) is 70.9 Å². The number of benzene rings is 2. The number of nitrogens with zero attached hydrogens (tertiary/aromatic N) is 1. The van der Waals surface area contributed by atoms with Crippen molar-refractivity contribution in [1.82, 2.24) is 0 Å². The highest BCUT2D eigenvalue weighted by atomic mass is 79.9. The number of hydrogen-bond acceptors (Lipinski definition) is 4. The number of anilines is 1. The Hall–Kier alpha value is -2.34. The predicted octanol–water partition coefficient (Wildman–Crippen LogP) is 3.60. The van der Waals surface area contributed by atoms with Crippen molar-refractivity contribution >= 4 is 33.8 Å². The second-order valence-electron chi connectivity index (χ2n) is 4.14. The molecule has 2 aromatic rings. The monoisotopic (exact) mass is 348 g/mol. The third-order valence-corrected chi connectivity index (χ3v) is 3.21. The van der Waals surface area contributed by atoms with Crippen LogP contribution in [0.3, 0.4) is 0 Å². The number of carbonyl (C=O) groups is 1. The van der Waals surface area contributed by atoms with Gasteiger partial charge in [0, 0.05) is 10.0 Å². The SMILES string of the molecule is COc1ccc(Br)cc1C=NNc1ccc(C(=O)O)cc1. The van der Waals surface area contributed by atoms with Crippen LogP contribution in [0.1, 0.15) is 15.9 Å². The number of hydrazone groups is 1. The van der Waals surface area contributed by atoms with Crippen molar-refractivity contribution in [2.24, 2.45) is 5.10 Å². The summed E-state index contributed by atoms with van der Waals surface area (Å²) in [7, 11) is 1.60. The summed E-state index contributed by atoms with van der Waals surface area (Å²) < 4.78 is 6.17. The molecule has 2 rings (SSSR count). The molecule has 21 heavy (non-hydrogen) atoms. The molecule has 0 fully saturated rings. The molecule has 0 aliphatic rings. The van der Waals surface area contributed by atoms with Gasteiger partial charge < -0.3 is 9.84 Å². The van der Waals surface area contributed by atoms with E-state index in [1.54, 1.807) is 25.5 Å². The van der Waals surface area contributed by atoms with Gasteiger partial charge in [0.25, 0.3) is 0 Å². The quantitative estimate of drug-likeness (QED) is 0.639. The third-order valence-electron chi connectivity index (χ3n) is 2.72. The van der Waals surface area contributed by atoms with Crippen molar-refractivity contribution in [3.8, 4) is 5.75 Å². The molecule has 0 heterocycles. The molecule has 0 aliphatic carbocycles. The fourth-order valence-electron chi connectivity index (χ4n) is 1.67. The van der Waals surface area contributed by atoms with Gasteiger partial charge in [-0.1, -0.05) is 15.9 Å². The molecule has 0 aliphatic heterocycles. The Labute approximate surface area is 130 Å². The minimum atomic E-state index is -0.955. The Balaban J connectivity index is 2.08. The van der Waals surface area contributed by atoms with Crippen molar-refractivity contribution in [2.45, 2.75) is 0 Å². The predicted molar refractivity (Wildman–Crippen MR) is 85.3 cm³/mol. The molecule has 0 aromatic heterocycles. The van der Waals surface area contributed by atoms with Gasteiger partial charge in [-0.25, -0.2) is 4.79 Å². The Kier molecular flexibility index (Phi) is 4.94. The zero-order valence-corrected chi connectivity index (χ0v) is 12.8. The third kappa shape index (κ3) is 4.06. The molecule has 0 saturated carbocycles. The van der Waals surface area contributed by atoms with Crippen LogP contribution in [0.5, 0.6) is 5.75 Å². The number of nitrogens with one attached hydrogen (secondary N) is 1. The summed E-state index contributed by atoms with van der Waals surface area (Å²) in [6.07, 6.45) is 1.63. The summed E-state index contributed by atoms with van der Waals surface area (Å²) >= 11 is 3.39. The summed E-state index contributed by atoms with van der Waals surface area (Å²) in [6.45, 7) is 0. The minimum Gasteiger partial charge on any atom is -0.496 e. The summed E-state index contributed by atoms with van der Waals surface area (Å²) in [6, 6.07) is 11.9. The van der Waals surface area contributed by atoms with E-state index >= 15 is 0 Å². The van der Waals surface area contributed by atoms with Gasteiger partial charge in [0.15, 0.2) is 0 Å². The normalized spacial score (nSPS) is 10.6. The Morgan fingerprint density at radius 1 is 1.29 bits per heavy atom. The molecule has 6 heteroatoms. The van der Waals surface area contributed by atoms with Gasteiger partial charge in [-0.3, -0.25) is 5.43 Å². The number of rotatable bonds is 5. The van der Waals surface area contributed by atoms with Gasteiger partial charge >= 0.3 is 5.97 Å². The van der Waals surface area contributed by atoms with Crippen LogP contribution in [0.25, 0.3) is 0 Å². The highest BCUT2D eigenvalue weighted by Crippen LogP contribution is 2.21. The van der Waals surface area contributed by atoms with Crippen LogP contribution in [0.2, 0.25) is 0 Å². The van der Waals surface area contributed by atoms with Crippen LogP contribution in [-0.4, -0.2) is 24.4 Å². The van der Waals surface area contributed by atoms with Crippen molar-refractivity contribution in [3.05, 3.63) is 58.1 Å². The van der Waals surface area contributed by atoms with E-state index in [4.69, 9.17) is 9.84 Å². The number of methoxy groups -OCH3 is 1. The maximum absolute atomic E-state index is 10.7. The molecule has 0 spiro atoms. The lowest BCUT2D eigenvalue weighted by Crippen LogP contribution is -1.97. The number of ether oxygens (including phenoxy) is 1. The first-order chi connectivity index (χ1) is 10.1. The van der Waals surface area contributed by atoms with Gasteiger partial charge in [0.2, 0.25) is 0 Å². The van der Waals surface area contributed by atoms with Gasteiger partial charge in [0.05, 0.1) is 24.6 Å². The van der Waals surface area contributed by atoms with Crippen LogP contribution in [0.4, 0.5) is 5.69 Å². The van der Waals surface area contributed by atoms with E-state index in [1.807, 2.05) is 18.2 Å². The maximum Gasteiger partial charge on any atom is 0.335 e. The first-order valence-electron chi connectivity index (χ1n) is 6.06. The number of halogens is 1. The fraction of sp³-hybridized carbons (Fsp3) is 0.0667. The summed E-state index contributed by atoms with van der Waals surface area (Å²) in [5.74, 6) is -0.242. The number of aromatic carboxylic acids is 1. The lowest BCUT2D eigenvalue weighted by Gasteiger charge is -2.05. The minimum absolute atomic E-state index is 0.234. The Morgan fingerprint density at radius 2 is 2.00 bits per heavy atom. The van der Waals surface area contributed by atoms with Gasteiger partial charge in [0.1, 0.15) is 5.75 Å². The van der Waals surface area contributed by atoms with E-state index in [0.717, 1.165) is 10.0 Å². The van der Waals surface area contributed by atoms with E-state index in [-0.39, 0.29) is 5.56 Å². The zero-order valence-electron chi connectivity index (χ0n) is 11.2. The van der Waals surface area contributed by atoms with Crippen LogP contribution in [0, 0.1) is 0 Å². The van der Waals surface area contributed by atoms with Crippen LogP contribution < -0.4 is 10.2 Å². The molecule has 2 N–H and O–H groups in total. The van der Waals surface area contributed by atoms with E-state index in [0.29, 0.717) is 11.4 Å². The second-order valence-corrected chi connectivity index (χ2v) is 5.05. The van der Waals surface area contributed by atoms with E-state index in [2.05, 4.69) is 26.5 Å². The van der Waals surface area contributed by atoms with E-state index < -0.39 is 5.97 Å². The van der Waals surface area contributed by atoms with Crippen LogP contribution >= 0.6 is 15.9 Å². The lowest BCUT2D eigenvalue weighted by molar-refractivity contribution is 0.0697. The molecule has 5 nitrogen and oxygen atoms in total. The van der Waals surface area contributed by atoms with Gasteiger partial charge in [-0.2, -0.15) is 5.10 Å². The standard InChI is InChI=1S/C15H13BrN2O3/c1-21-14-7-4-12(16)8-11(14)9-17-18-13-5-2-10(3-6-13)15(19)20/h2-9,18H,1H3,(H,19,20). The first kappa shape index (κ1) is 15.1. The van der Waals surface area contributed by atoms with Gasteiger partial charge in [-0.05, 0) is 42.5 Å². The summed E-state index contributed by atoms with van der Waals surface area (Å²) in [5.41, 5.74) is 4.59. The zero-order chi connectivity index (χ0) is 15.2. The highest BCUT2D eigenvalue weighted by molar-refractivity contribution is 9.10. The average molecular weight is 349 g/mol. The van der Waals surface area contributed by atoms with Crippen molar-refractivity contribution in [3.63, 3.8) is 0 Å². The molecule has 0 atom stereocenters. The summed E-state index contributed by atoms with van der Waals surface area (Å²) in [5, 5.41) is 12.9. The van der Waals surface area contributed by atoms with Crippen LogP contribution in [-0.2, 0) is 0 Å². The number of carboxylic acid groups (broad SMARTS) is 1. The largest absolute Gasteiger partial charge is 0.496 e. The van der Waals surface area contributed by atoms with Gasteiger partial charge in [-0.15, -0.1) is 0 Å². The van der Waals surface area contributed by atoms with Crippen LogP contribution in [0.15, 0.2) is 52.0 Å². The molecule has 0 amide bonds. The molecule has 0 radical (unpaired) electrons. The molecule has 0 bridgehead atoms. The molecule has 0 saturated heterocycles. The highest BCUT2D eigenvalue weighted by Gasteiger charge is 2.02. The average Bonchev–Trinajstić information content (AvgIpc) is 2.48. The molecule has 108 valence electrons. The number of carboxylic acids is 1. The number of hydrogen-bond donors (Lipinski definition) is 2. The molecular formula is C15H13BrN2O3. The second kappa shape index (κ2) is 6.90. The van der Waals surface area contributed by atoms with E-state index in [1.165, 1.54) is 12.1 Å². The lowest BCUT2D eigenvalue weighted by atomic mass is 10.2. The first-order valence-corrected chi connectivity index (χ1v) is 6.85. The van der Waals surface area contributed by atoms with Crippen molar-refractivity contribution in [2.75, 3.05) is 12.5 Å². The molecular weight excluding hydrogens is 336 g/mol. The van der Waals surface area contributed by atoms with Crippen molar-refractivity contribution < 1.29 is 14.6 Å². The summed E-state index contributed by atoms with van der Waals surface area (Å²) in [4.78, 5) is 10.7. The smallest absolute Gasteiger partial charge is 0.335 e. The van der Waals surface area contributed by atoms with Crippen molar-refractivity contribution in [1.29, 1.82) is 0 Å². The molecule has 2 aromatic carbocycles. The Morgan fingerprint density at radius 3 is 2.62 bits per heavy atom.